The number of nitrogens with zero attached hydrogens (tertiary/aromatic N) is 3. The molecule has 0 bridgehead atoms. The van der Waals surface area contributed by atoms with E-state index >= 15 is 0 Å². The zero-order valence-electron chi connectivity index (χ0n) is 23.5. The van der Waals surface area contributed by atoms with Gasteiger partial charge in [0.05, 0.1) is 23.4 Å². The van der Waals surface area contributed by atoms with E-state index in [-0.39, 0.29) is 0 Å². The highest BCUT2D eigenvalue weighted by molar-refractivity contribution is 5.95. The van der Waals surface area contributed by atoms with Gasteiger partial charge in [-0.15, -0.1) is 0 Å². The van der Waals surface area contributed by atoms with Gasteiger partial charge in [0, 0.05) is 36.7 Å². The summed E-state index contributed by atoms with van der Waals surface area (Å²) in [4.78, 5) is 16.3. The predicted molar refractivity (Wildman–Crippen MR) is 158 cm³/mol. The third kappa shape index (κ3) is 5.28. The lowest BCUT2D eigenvalue weighted by molar-refractivity contribution is -0.120. The highest BCUT2D eigenvalue weighted by atomic mass is 16.5. The van der Waals surface area contributed by atoms with Gasteiger partial charge in [-0.1, -0.05) is 38.7 Å². The minimum Gasteiger partial charge on any atom is -0.489 e. The van der Waals surface area contributed by atoms with Crippen molar-refractivity contribution in [3.05, 3.63) is 42.0 Å². The molecule has 2 aromatic carbocycles. The van der Waals surface area contributed by atoms with Crippen LogP contribution in [0.15, 0.2) is 36.4 Å². The van der Waals surface area contributed by atoms with Crippen LogP contribution in [0.3, 0.4) is 0 Å². The van der Waals surface area contributed by atoms with Crippen molar-refractivity contribution in [3.8, 4) is 22.8 Å². The predicted octanol–water partition coefficient (Wildman–Crippen LogP) is 6.99. The molecular weight excluding hydrogens is 486 g/mol. The molecule has 3 aliphatic rings. The van der Waals surface area contributed by atoms with Crippen molar-refractivity contribution in [2.45, 2.75) is 77.2 Å². The summed E-state index contributed by atoms with van der Waals surface area (Å²) in [6.07, 6.45) is 11.5. The van der Waals surface area contributed by atoms with Crippen LogP contribution in [0, 0.1) is 0 Å². The summed E-state index contributed by atoms with van der Waals surface area (Å²) in [7, 11) is 0. The average molecular weight is 530 g/mol. The summed E-state index contributed by atoms with van der Waals surface area (Å²) in [5.41, 5.74) is 6.34. The number of aromatic nitrogens is 1. The van der Waals surface area contributed by atoms with Gasteiger partial charge in [0.25, 0.3) is 6.47 Å². The van der Waals surface area contributed by atoms with E-state index in [1.807, 2.05) is 12.1 Å². The van der Waals surface area contributed by atoms with Crippen LogP contribution in [-0.4, -0.2) is 55.3 Å². The standard InChI is InChI=1S/C33H43N3O3/c1-2-16-35(20-19-34-17-7-4-8-18-34)29-13-9-12-28-32-31(25-10-5-3-6-11-25)27-15-14-26(39-24-37)23-30(27)36(32)21-22-38-33(28)29/h9,12-15,23-25H,2-8,10-11,16-22H2,1H3. The maximum Gasteiger partial charge on any atom is 0.298 e. The molecule has 1 aromatic heterocycles. The van der Waals surface area contributed by atoms with Gasteiger partial charge in [-0.25, -0.2) is 0 Å². The Morgan fingerprint density at radius 1 is 1.00 bits per heavy atom. The van der Waals surface area contributed by atoms with Crippen molar-refractivity contribution in [2.24, 2.45) is 0 Å². The van der Waals surface area contributed by atoms with E-state index in [4.69, 9.17) is 9.47 Å². The first kappa shape index (κ1) is 26.2. The smallest absolute Gasteiger partial charge is 0.298 e. The van der Waals surface area contributed by atoms with Gasteiger partial charge in [-0.05, 0) is 80.9 Å². The van der Waals surface area contributed by atoms with E-state index in [0.29, 0.717) is 24.7 Å². The topological polar surface area (TPSA) is 46.9 Å². The number of hydrogen-bond acceptors (Lipinski definition) is 5. The lowest BCUT2D eigenvalue weighted by atomic mass is 9.81. The van der Waals surface area contributed by atoms with Gasteiger partial charge in [0.15, 0.2) is 5.75 Å². The Morgan fingerprint density at radius 3 is 2.62 bits per heavy atom. The van der Waals surface area contributed by atoms with E-state index in [9.17, 15) is 4.79 Å². The molecule has 1 aliphatic carbocycles. The summed E-state index contributed by atoms with van der Waals surface area (Å²) in [6, 6.07) is 12.9. The van der Waals surface area contributed by atoms with Crippen LogP contribution in [0.25, 0.3) is 22.2 Å². The molecule has 0 unspecified atom stereocenters. The fraction of sp³-hybridized carbons (Fsp3) is 0.545. The van der Waals surface area contributed by atoms with Crippen LogP contribution in [-0.2, 0) is 11.3 Å². The second-order valence-electron chi connectivity index (χ2n) is 11.5. The molecule has 39 heavy (non-hydrogen) atoms. The summed E-state index contributed by atoms with van der Waals surface area (Å²) < 4.78 is 14.4. The number of piperidine rings is 1. The average Bonchev–Trinajstić information content (AvgIpc) is 3.16. The van der Waals surface area contributed by atoms with E-state index in [2.05, 4.69) is 45.6 Å². The van der Waals surface area contributed by atoms with Crippen molar-refractivity contribution >= 4 is 23.1 Å². The fourth-order valence-corrected chi connectivity index (χ4v) is 7.23. The van der Waals surface area contributed by atoms with Gasteiger partial charge in [0.1, 0.15) is 12.4 Å². The highest BCUT2D eigenvalue weighted by Gasteiger charge is 2.31. The third-order valence-corrected chi connectivity index (χ3v) is 9.05. The zero-order valence-corrected chi connectivity index (χ0v) is 23.5. The normalized spacial score (nSPS) is 18.2. The first-order valence-electron chi connectivity index (χ1n) is 15.3. The maximum atomic E-state index is 11.1. The molecule has 6 nitrogen and oxygen atoms in total. The van der Waals surface area contributed by atoms with Crippen molar-refractivity contribution in [2.75, 3.05) is 44.2 Å². The Hall–Kier alpha value is -2.99. The van der Waals surface area contributed by atoms with E-state index in [1.54, 1.807) is 0 Å². The Morgan fingerprint density at radius 2 is 1.82 bits per heavy atom. The first-order valence-corrected chi connectivity index (χ1v) is 15.3. The van der Waals surface area contributed by atoms with Crippen LogP contribution in [0.1, 0.15) is 76.2 Å². The second kappa shape index (κ2) is 12.0. The van der Waals surface area contributed by atoms with Crippen LogP contribution in [0.2, 0.25) is 0 Å². The molecule has 1 saturated heterocycles. The van der Waals surface area contributed by atoms with E-state index in [0.717, 1.165) is 43.9 Å². The van der Waals surface area contributed by atoms with Gasteiger partial charge in [0.2, 0.25) is 0 Å². The molecule has 0 N–H and O–H groups in total. The molecule has 6 rings (SSSR count). The van der Waals surface area contributed by atoms with Crippen LogP contribution < -0.4 is 14.4 Å². The SMILES string of the molecule is CCCN(CCN1CCCCC1)c1cccc2c1OCCn1c-2c(C2CCCCC2)c2ccc(OC=O)cc21. The number of likely N-dealkylation sites (tertiary alicyclic amines) is 1. The number of carbonyl (C=O) groups is 1. The number of rotatable bonds is 9. The van der Waals surface area contributed by atoms with Crippen LogP contribution >= 0.6 is 0 Å². The quantitative estimate of drug-likeness (QED) is 0.280. The lowest BCUT2D eigenvalue weighted by Crippen LogP contribution is -2.38. The summed E-state index contributed by atoms with van der Waals surface area (Å²) in [5.74, 6) is 2.17. The van der Waals surface area contributed by atoms with E-state index < -0.39 is 0 Å². The summed E-state index contributed by atoms with van der Waals surface area (Å²) >= 11 is 0. The number of anilines is 1. The van der Waals surface area contributed by atoms with Gasteiger partial charge >= 0.3 is 0 Å². The second-order valence-corrected chi connectivity index (χ2v) is 11.5. The molecule has 0 amide bonds. The zero-order chi connectivity index (χ0) is 26.6. The third-order valence-electron chi connectivity index (χ3n) is 9.05. The number of hydrogen-bond donors (Lipinski definition) is 0. The van der Waals surface area contributed by atoms with Crippen molar-refractivity contribution in [3.63, 3.8) is 0 Å². The number of benzene rings is 2. The molecule has 2 aliphatic heterocycles. The molecule has 3 heterocycles. The van der Waals surface area contributed by atoms with Crippen molar-refractivity contribution in [1.82, 2.24) is 9.47 Å². The maximum absolute atomic E-state index is 11.1. The minimum absolute atomic E-state index is 0.520. The largest absolute Gasteiger partial charge is 0.489 e. The molecule has 3 aromatic rings. The van der Waals surface area contributed by atoms with Gasteiger partial charge in [-0.2, -0.15) is 0 Å². The van der Waals surface area contributed by atoms with Gasteiger partial charge < -0.3 is 23.8 Å². The molecule has 6 heteroatoms. The number of ether oxygens (including phenoxy) is 2. The molecule has 1 saturated carbocycles. The molecule has 2 fully saturated rings. The summed E-state index contributed by atoms with van der Waals surface area (Å²) in [6.45, 7) is 9.80. The Kier molecular flexibility index (Phi) is 8.10. The first-order chi connectivity index (χ1) is 19.3. The molecule has 0 spiro atoms. The minimum atomic E-state index is 0.520. The van der Waals surface area contributed by atoms with Gasteiger partial charge in [-0.3, -0.25) is 4.79 Å². The number of fused-ring (bicyclic) bond motifs is 5. The summed E-state index contributed by atoms with van der Waals surface area (Å²) in [5, 5.41) is 1.30. The molecule has 208 valence electrons. The van der Waals surface area contributed by atoms with Crippen LogP contribution in [0.5, 0.6) is 11.5 Å². The van der Waals surface area contributed by atoms with Crippen molar-refractivity contribution in [1.29, 1.82) is 0 Å². The number of carbonyl (C=O) groups excluding carboxylic acids is 1. The Bertz CT molecular complexity index is 1290. The Labute approximate surface area is 232 Å². The monoisotopic (exact) mass is 529 g/mol. The fourth-order valence-electron chi connectivity index (χ4n) is 7.23. The highest BCUT2D eigenvalue weighted by Crippen LogP contribution is 2.49. The van der Waals surface area contributed by atoms with Crippen LogP contribution in [0.4, 0.5) is 5.69 Å². The van der Waals surface area contributed by atoms with E-state index in [1.165, 1.54) is 92.4 Å². The molecular formula is C33H43N3O3. The Balaban J connectivity index is 1.45. The molecule has 0 radical (unpaired) electrons. The number of para-hydroxylation sites is 1. The lowest BCUT2D eigenvalue weighted by Gasteiger charge is -2.32. The van der Waals surface area contributed by atoms with Crippen molar-refractivity contribution < 1.29 is 14.3 Å². The molecule has 0 atom stereocenters.